The normalized spacial score (nSPS) is 11.4. The van der Waals surface area contributed by atoms with Crippen LogP contribution in [0.15, 0.2) is 22.7 Å². The van der Waals surface area contributed by atoms with Crippen molar-refractivity contribution >= 4 is 33.4 Å². The molecule has 0 spiro atoms. The first-order valence-corrected chi connectivity index (χ1v) is 6.65. The van der Waals surface area contributed by atoms with Crippen molar-refractivity contribution in [1.82, 2.24) is 5.32 Å². The Hall–Kier alpha value is -0.620. The maximum atomic E-state index is 12.1. The summed E-state index contributed by atoms with van der Waals surface area (Å²) in [6.45, 7) is 1.10. The van der Waals surface area contributed by atoms with Crippen LogP contribution in [0.25, 0.3) is 0 Å². The summed E-state index contributed by atoms with van der Waals surface area (Å²) in [5, 5.41) is 21.5. The molecule has 0 radical (unpaired) electrons. The van der Waals surface area contributed by atoms with Crippen molar-refractivity contribution in [3.8, 4) is 0 Å². The molecule has 0 unspecified atom stereocenters. The van der Waals surface area contributed by atoms with Gasteiger partial charge >= 0.3 is 0 Å². The van der Waals surface area contributed by atoms with Gasteiger partial charge in [0.25, 0.3) is 5.91 Å². The highest BCUT2D eigenvalue weighted by molar-refractivity contribution is 9.10. The Labute approximate surface area is 119 Å². The smallest absolute Gasteiger partial charge is 0.253 e. The molecule has 0 aromatic heterocycles. The molecule has 0 saturated carbocycles. The summed E-state index contributed by atoms with van der Waals surface area (Å²) >= 11 is 9.25. The molecule has 1 aromatic rings. The van der Waals surface area contributed by atoms with Crippen LogP contribution in [0.2, 0.25) is 5.02 Å². The van der Waals surface area contributed by atoms with Crippen LogP contribution in [0, 0.1) is 0 Å². The van der Waals surface area contributed by atoms with Crippen LogP contribution in [0.1, 0.15) is 23.7 Å². The second-order valence-electron chi connectivity index (χ2n) is 4.01. The monoisotopic (exact) mass is 335 g/mol. The minimum absolute atomic E-state index is 0.297. The minimum Gasteiger partial charge on any atom is -0.394 e. The number of hydrogen-bond donors (Lipinski definition) is 3. The molecule has 0 heterocycles. The molecule has 4 nitrogen and oxygen atoms in total. The number of carbonyl (C=O) groups is 1. The average molecular weight is 337 g/mol. The van der Waals surface area contributed by atoms with E-state index in [1.807, 2.05) is 0 Å². The summed E-state index contributed by atoms with van der Waals surface area (Å²) in [5.41, 5.74) is -0.728. The Balaban J connectivity index is 2.98. The van der Waals surface area contributed by atoms with Gasteiger partial charge in [-0.3, -0.25) is 4.79 Å². The SMILES string of the molecule is CCC(CO)(CO)NC(=O)c1cccc(Br)c1Cl. The van der Waals surface area contributed by atoms with Gasteiger partial charge in [0.05, 0.1) is 29.3 Å². The highest BCUT2D eigenvalue weighted by atomic mass is 79.9. The van der Waals surface area contributed by atoms with E-state index in [4.69, 9.17) is 11.6 Å². The molecule has 3 N–H and O–H groups in total. The Bertz CT molecular complexity index is 427. The van der Waals surface area contributed by atoms with E-state index in [-0.39, 0.29) is 13.2 Å². The minimum atomic E-state index is -1.03. The number of halogens is 2. The summed E-state index contributed by atoms with van der Waals surface area (Å²) in [7, 11) is 0. The van der Waals surface area contributed by atoms with Gasteiger partial charge in [0.15, 0.2) is 0 Å². The van der Waals surface area contributed by atoms with Crippen molar-refractivity contribution in [2.24, 2.45) is 0 Å². The Morgan fingerprint density at radius 3 is 2.56 bits per heavy atom. The molecule has 6 heteroatoms. The van der Waals surface area contributed by atoms with Crippen LogP contribution in [0.4, 0.5) is 0 Å². The van der Waals surface area contributed by atoms with Crippen molar-refractivity contribution in [2.45, 2.75) is 18.9 Å². The zero-order valence-corrected chi connectivity index (χ0v) is 12.3. The molecule has 18 heavy (non-hydrogen) atoms. The van der Waals surface area contributed by atoms with E-state index in [9.17, 15) is 15.0 Å². The molecular weight excluding hydrogens is 321 g/mol. The average Bonchev–Trinajstić information content (AvgIpc) is 2.39. The van der Waals surface area contributed by atoms with Gasteiger partial charge in [-0.25, -0.2) is 0 Å². The van der Waals surface area contributed by atoms with Gasteiger partial charge in [-0.05, 0) is 34.5 Å². The fourth-order valence-electron chi connectivity index (χ4n) is 1.43. The topological polar surface area (TPSA) is 69.6 Å². The molecule has 100 valence electrons. The van der Waals surface area contributed by atoms with E-state index in [0.29, 0.717) is 21.5 Å². The Kier molecular flexibility index (Phi) is 5.59. The van der Waals surface area contributed by atoms with E-state index in [0.717, 1.165) is 0 Å². The molecule has 0 aliphatic rings. The molecule has 0 atom stereocenters. The van der Waals surface area contributed by atoms with Crippen LogP contribution in [0.5, 0.6) is 0 Å². The van der Waals surface area contributed by atoms with Gasteiger partial charge in [0.2, 0.25) is 0 Å². The number of amides is 1. The lowest BCUT2D eigenvalue weighted by Crippen LogP contribution is -2.53. The zero-order chi connectivity index (χ0) is 13.8. The van der Waals surface area contributed by atoms with E-state index in [1.54, 1.807) is 25.1 Å². The third-order valence-electron chi connectivity index (χ3n) is 2.86. The first-order valence-electron chi connectivity index (χ1n) is 5.48. The third-order valence-corrected chi connectivity index (χ3v) is 4.15. The zero-order valence-electron chi connectivity index (χ0n) is 9.91. The van der Waals surface area contributed by atoms with Crippen molar-refractivity contribution in [2.75, 3.05) is 13.2 Å². The predicted molar refractivity (Wildman–Crippen MR) is 73.8 cm³/mol. The lowest BCUT2D eigenvalue weighted by molar-refractivity contribution is 0.0653. The first-order chi connectivity index (χ1) is 8.49. The number of rotatable bonds is 5. The fourth-order valence-corrected chi connectivity index (χ4v) is 2.01. The largest absolute Gasteiger partial charge is 0.394 e. The molecule has 0 fully saturated rings. The first kappa shape index (κ1) is 15.4. The molecule has 0 saturated heterocycles. The number of aliphatic hydroxyl groups excluding tert-OH is 2. The van der Waals surface area contributed by atoms with E-state index < -0.39 is 11.4 Å². The summed E-state index contributed by atoms with van der Waals surface area (Å²) in [4.78, 5) is 12.1. The van der Waals surface area contributed by atoms with Crippen LogP contribution in [0.3, 0.4) is 0 Å². The van der Waals surface area contributed by atoms with Crippen molar-refractivity contribution in [3.63, 3.8) is 0 Å². The van der Waals surface area contributed by atoms with E-state index >= 15 is 0 Å². The number of benzene rings is 1. The molecule has 1 rings (SSSR count). The van der Waals surface area contributed by atoms with Crippen LogP contribution in [-0.4, -0.2) is 34.9 Å². The van der Waals surface area contributed by atoms with Crippen molar-refractivity contribution in [1.29, 1.82) is 0 Å². The van der Waals surface area contributed by atoms with Gasteiger partial charge in [0.1, 0.15) is 0 Å². The lowest BCUT2D eigenvalue weighted by atomic mass is 9.98. The Morgan fingerprint density at radius 1 is 1.44 bits per heavy atom. The van der Waals surface area contributed by atoms with Crippen LogP contribution < -0.4 is 5.32 Å². The molecule has 0 aliphatic carbocycles. The second-order valence-corrected chi connectivity index (χ2v) is 5.24. The maximum absolute atomic E-state index is 12.1. The van der Waals surface area contributed by atoms with Gasteiger partial charge in [0, 0.05) is 4.47 Å². The van der Waals surface area contributed by atoms with Crippen LogP contribution in [-0.2, 0) is 0 Å². The molecular formula is C12H15BrClNO3. The van der Waals surface area contributed by atoms with Crippen molar-refractivity contribution in [3.05, 3.63) is 33.3 Å². The van der Waals surface area contributed by atoms with E-state index in [1.165, 1.54) is 0 Å². The van der Waals surface area contributed by atoms with Gasteiger partial charge in [-0.2, -0.15) is 0 Å². The van der Waals surface area contributed by atoms with Crippen molar-refractivity contribution < 1.29 is 15.0 Å². The predicted octanol–water partition coefficient (Wildman–Crippen LogP) is 1.97. The van der Waals surface area contributed by atoms with Gasteiger partial charge in [-0.1, -0.05) is 24.6 Å². The van der Waals surface area contributed by atoms with Crippen LogP contribution >= 0.6 is 27.5 Å². The second kappa shape index (κ2) is 6.52. The molecule has 0 bridgehead atoms. The number of nitrogens with one attached hydrogen (secondary N) is 1. The third kappa shape index (κ3) is 3.23. The molecule has 0 aliphatic heterocycles. The highest BCUT2D eigenvalue weighted by Gasteiger charge is 2.29. The van der Waals surface area contributed by atoms with Gasteiger partial charge < -0.3 is 15.5 Å². The standard InChI is InChI=1S/C12H15BrClNO3/c1-2-12(6-16,7-17)15-11(18)8-4-3-5-9(13)10(8)14/h3-5,16-17H,2,6-7H2,1H3,(H,15,18). The molecule has 1 aromatic carbocycles. The fraction of sp³-hybridized carbons (Fsp3) is 0.417. The number of aliphatic hydroxyl groups is 2. The number of carbonyl (C=O) groups excluding carboxylic acids is 1. The summed E-state index contributed by atoms with van der Waals surface area (Å²) in [5.74, 6) is -0.425. The number of hydrogen-bond acceptors (Lipinski definition) is 3. The van der Waals surface area contributed by atoms with E-state index in [2.05, 4.69) is 21.2 Å². The summed E-state index contributed by atoms with van der Waals surface area (Å²) < 4.78 is 0.618. The highest BCUT2D eigenvalue weighted by Crippen LogP contribution is 2.26. The van der Waals surface area contributed by atoms with Gasteiger partial charge in [-0.15, -0.1) is 0 Å². The Morgan fingerprint density at radius 2 is 2.06 bits per heavy atom. The molecule has 1 amide bonds. The lowest BCUT2D eigenvalue weighted by Gasteiger charge is -2.29. The summed E-state index contributed by atoms with van der Waals surface area (Å²) in [6.07, 6.45) is 0.414. The summed E-state index contributed by atoms with van der Waals surface area (Å²) in [6, 6.07) is 5.00. The quantitative estimate of drug-likeness (QED) is 0.770. The maximum Gasteiger partial charge on any atom is 0.253 e.